The van der Waals surface area contributed by atoms with Gasteiger partial charge in [-0.2, -0.15) is 0 Å². The fourth-order valence-corrected chi connectivity index (χ4v) is 2.10. The molecule has 1 atom stereocenters. The Morgan fingerprint density at radius 2 is 2.05 bits per heavy atom. The molecule has 116 valence electrons. The summed E-state index contributed by atoms with van der Waals surface area (Å²) in [7, 11) is 1.77. The standard InChI is InChI=1S/C15H15Cl2N3O2/c1-18-10-3-5-13(19-7-10)15(22)20-8-14(21)9-2-4-11(16)12(17)6-9/h2-7,14,18,21H,8H2,1H3,(H,20,22). The van der Waals surface area contributed by atoms with Gasteiger partial charge in [0.25, 0.3) is 5.91 Å². The molecule has 5 nitrogen and oxygen atoms in total. The average molecular weight is 340 g/mol. The van der Waals surface area contributed by atoms with Gasteiger partial charge in [-0.15, -0.1) is 0 Å². The molecule has 1 unspecified atom stereocenters. The molecule has 3 N–H and O–H groups in total. The number of pyridine rings is 1. The summed E-state index contributed by atoms with van der Waals surface area (Å²) >= 11 is 11.7. The van der Waals surface area contributed by atoms with Gasteiger partial charge in [0.1, 0.15) is 5.69 Å². The second-order valence-electron chi connectivity index (χ2n) is 4.58. The van der Waals surface area contributed by atoms with Crippen LogP contribution in [0.5, 0.6) is 0 Å². The Balaban J connectivity index is 1.95. The number of halogens is 2. The molecule has 0 fully saturated rings. The number of nitrogens with zero attached hydrogens (tertiary/aromatic N) is 1. The zero-order valence-electron chi connectivity index (χ0n) is 11.8. The molecule has 0 aliphatic rings. The van der Waals surface area contributed by atoms with E-state index >= 15 is 0 Å². The van der Waals surface area contributed by atoms with Crippen molar-refractivity contribution in [2.24, 2.45) is 0 Å². The lowest BCUT2D eigenvalue weighted by Crippen LogP contribution is -2.29. The van der Waals surface area contributed by atoms with Crippen LogP contribution in [0.15, 0.2) is 36.5 Å². The van der Waals surface area contributed by atoms with Gasteiger partial charge in [0.2, 0.25) is 0 Å². The van der Waals surface area contributed by atoms with E-state index in [1.807, 2.05) is 0 Å². The van der Waals surface area contributed by atoms with E-state index < -0.39 is 6.10 Å². The SMILES string of the molecule is CNc1ccc(C(=O)NCC(O)c2ccc(Cl)c(Cl)c2)nc1. The van der Waals surface area contributed by atoms with Crippen LogP contribution in [0.25, 0.3) is 0 Å². The monoisotopic (exact) mass is 339 g/mol. The molecule has 1 aromatic heterocycles. The molecular weight excluding hydrogens is 325 g/mol. The number of hydrogen-bond acceptors (Lipinski definition) is 4. The van der Waals surface area contributed by atoms with Gasteiger partial charge < -0.3 is 15.7 Å². The Morgan fingerprint density at radius 1 is 1.27 bits per heavy atom. The Hall–Kier alpha value is -1.82. The number of carbonyl (C=O) groups is 1. The Bertz CT molecular complexity index is 662. The number of aliphatic hydroxyl groups excluding tert-OH is 1. The Labute approximate surface area is 138 Å². The van der Waals surface area contributed by atoms with Gasteiger partial charge in [-0.3, -0.25) is 4.79 Å². The van der Waals surface area contributed by atoms with Gasteiger partial charge >= 0.3 is 0 Å². The van der Waals surface area contributed by atoms with Gasteiger partial charge in [0.05, 0.1) is 28.0 Å². The largest absolute Gasteiger partial charge is 0.387 e. The molecule has 22 heavy (non-hydrogen) atoms. The van der Waals surface area contributed by atoms with Gasteiger partial charge in [0, 0.05) is 13.6 Å². The lowest BCUT2D eigenvalue weighted by atomic mass is 10.1. The van der Waals surface area contributed by atoms with E-state index in [4.69, 9.17) is 23.2 Å². The molecule has 0 aliphatic heterocycles. The maximum absolute atomic E-state index is 11.9. The maximum Gasteiger partial charge on any atom is 0.269 e. The van der Waals surface area contributed by atoms with E-state index in [1.54, 1.807) is 43.6 Å². The van der Waals surface area contributed by atoms with Crippen LogP contribution < -0.4 is 10.6 Å². The number of aromatic nitrogens is 1. The number of aliphatic hydroxyl groups is 1. The van der Waals surface area contributed by atoms with Crippen LogP contribution >= 0.6 is 23.2 Å². The van der Waals surface area contributed by atoms with Crippen molar-refractivity contribution in [3.63, 3.8) is 0 Å². The van der Waals surface area contributed by atoms with Gasteiger partial charge in [-0.25, -0.2) is 4.98 Å². The van der Waals surface area contributed by atoms with Crippen LogP contribution in [-0.2, 0) is 0 Å². The molecule has 0 aliphatic carbocycles. The molecule has 0 spiro atoms. The van der Waals surface area contributed by atoms with Crippen molar-refractivity contribution in [1.82, 2.24) is 10.3 Å². The van der Waals surface area contributed by atoms with Gasteiger partial charge in [-0.05, 0) is 29.8 Å². The molecule has 0 saturated heterocycles. The second-order valence-corrected chi connectivity index (χ2v) is 5.40. The highest BCUT2D eigenvalue weighted by Crippen LogP contribution is 2.25. The van der Waals surface area contributed by atoms with Crippen LogP contribution in [0.3, 0.4) is 0 Å². The lowest BCUT2D eigenvalue weighted by molar-refractivity contribution is 0.0911. The van der Waals surface area contributed by atoms with Crippen LogP contribution in [-0.4, -0.2) is 29.6 Å². The molecule has 7 heteroatoms. The number of benzene rings is 1. The van der Waals surface area contributed by atoms with Gasteiger partial charge in [-0.1, -0.05) is 29.3 Å². The van der Waals surface area contributed by atoms with Crippen LogP contribution in [0.4, 0.5) is 5.69 Å². The topological polar surface area (TPSA) is 74.2 Å². The zero-order valence-corrected chi connectivity index (χ0v) is 13.3. The summed E-state index contributed by atoms with van der Waals surface area (Å²) in [4.78, 5) is 16.0. The molecule has 0 bridgehead atoms. The first-order valence-electron chi connectivity index (χ1n) is 6.56. The fraction of sp³-hybridized carbons (Fsp3) is 0.200. The summed E-state index contributed by atoms with van der Waals surface area (Å²) in [5.74, 6) is -0.359. The Morgan fingerprint density at radius 3 is 2.64 bits per heavy atom. The quantitative estimate of drug-likeness (QED) is 0.782. The third kappa shape index (κ3) is 4.10. The van der Waals surface area contributed by atoms with Crippen molar-refractivity contribution in [2.75, 3.05) is 18.9 Å². The third-order valence-electron chi connectivity index (χ3n) is 3.07. The highest BCUT2D eigenvalue weighted by molar-refractivity contribution is 6.42. The summed E-state index contributed by atoms with van der Waals surface area (Å²) in [6, 6.07) is 8.18. The van der Waals surface area contributed by atoms with Crippen molar-refractivity contribution < 1.29 is 9.90 Å². The fourth-order valence-electron chi connectivity index (χ4n) is 1.79. The minimum Gasteiger partial charge on any atom is -0.387 e. The average Bonchev–Trinajstić information content (AvgIpc) is 2.54. The number of amides is 1. The Kier molecular flexibility index (Phi) is 5.60. The van der Waals surface area contributed by atoms with E-state index in [9.17, 15) is 9.90 Å². The molecule has 2 aromatic rings. The van der Waals surface area contributed by atoms with Crippen LogP contribution in [0.2, 0.25) is 10.0 Å². The first-order valence-corrected chi connectivity index (χ1v) is 7.32. The molecule has 1 amide bonds. The van der Waals surface area contributed by atoms with Crippen molar-refractivity contribution >= 4 is 34.8 Å². The number of hydrogen-bond donors (Lipinski definition) is 3. The lowest BCUT2D eigenvalue weighted by Gasteiger charge is -2.13. The smallest absolute Gasteiger partial charge is 0.269 e. The zero-order chi connectivity index (χ0) is 16.1. The van der Waals surface area contributed by atoms with E-state index in [0.717, 1.165) is 5.69 Å². The summed E-state index contributed by atoms with van der Waals surface area (Å²) < 4.78 is 0. The molecule has 2 rings (SSSR count). The minimum atomic E-state index is -0.879. The normalized spacial score (nSPS) is 11.8. The molecule has 1 heterocycles. The summed E-state index contributed by atoms with van der Waals surface area (Å²) in [6.45, 7) is 0.0479. The number of nitrogens with one attached hydrogen (secondary N) is 2. The van der Waals surface area contributed by atoms with Crippen molar-refractivity contribution in [2.45, 2.75) is 6.10 Å². The third-order valence-corrected chi connectivity index (χ3v) is 3.81. The van der Waals surface area contributed by atoms with E-state index in [1.165, 1.54) is 0 Å². The van der Waals surface area contributed by atoms with E-state index in [-0.39, 0.29) is 18.1 Å². The second kappa shape index (κ2) is 7.45. The van der Waals surface area contributed by atoms with Crippen LogP contribution in [0.1, 0.15) is 22.2 Å². The van der Waals surface area contributed by atoms with Crippen LogP contribution in [0, 0.1) is 0 Å². The van der Waals surface area contributed by atoms with Crippen molar-refractivity contribution in [3.05, 3.63) is 57.8 Å². The van der Waals surface area contributed by atoms with Crippen molar-refractivity contribution in [3.8, 4) is 0 Å². The predicted octanol–water partition coefficient (Wildman–Crippen LogP) is 2.89. The summed E-state index contributed by atoms with van der Waals surface area (Å²) in [6.07, 6.45) is 0.680. The van der Waals surface area contributed by atoms with Crippen molar-refractivity contribution in [1.29, 1.82) is 0 Å². The number of carbonyl (C=O) groups excluding carboxylic acids is 1. The summed E-state index contributed by atoms with van der Waals surface area (Å²) in [5, 5.41) is 16.4. The molecule has 0 saturated carbocycles. The highest BCUT2D eigenvalue weighted by Gasteiger charge is 2.13. The molecular formula is C15H15Cl2N3O2. The summed E-state index contributed by atoms with van der Waals surface area (Å²) in [5.41, 5.74) is 1.67. The number of rotatable bonds is 5. The van der Waals surface area contributed by atoms with E-state index in [0.29, 0.717) is 15.6 Å². The van der Waals surface area contributed by atoms with Gasteiger partial charge in [0.15, 0.2) is 0 Å². The molecule has 1 aromatic carbocycles. The predicted molar refractivity (Wildman–Crippen MR) is 87.5 cm³/mol. The first-order chi connectivity index (χ1) is 10.5. The minimum absolute atomic E-state index is 0.0479. The first kappa shape index (κ1) is 16.5. The number of anilines is 1. The maximum atomic E-state index is 11.9. The highest BCUT2D eigenvalue weighted by atomic mass is 35.5. The molecule has 0 radical (unpaired) electrons. The van der Waals surface area contributed by atoms with E-state index in [2.05, 4.69) is 15.6 Å².